The maximum absolute atomic E-state index is 8.81. The first kappa shape index (κ1) is 9.82. The summed E-state index contributed by atoms with van der Waals surface area (Å²) >= 11 is 3.27. The van der Waals surface area contributed by atoms with Crippen LogP contribution >= 0.6 is 15.9 Å². The van der Waals surface area contributed by atoms with Crippen molar-refractivity contribution in [1.82, 2.24) is 0 Å². The van der Waals surface area contributed by atoms with Crippen LogP contribution in [0.4, 0.5) is 0 Å². The van der Waals surface area contributed by atoms with Crippen molar-refractivity contribution in [2.45, 2.75) is 0 Å². The smallest absolute Gasteiger partial charge is 0.138 e. The van der Waals surface area contributed by atoms with Gasteiger partial charge in [0.1, 0.15) is 24.0 Å². The van der Waals surface area contributed by atoms with E-state index in [2.05, 4.69) is 28.6 Å². The van der Waals surface area contributed by atoms with Crippen molar-refractivity contribution in [1.29, 1.82) is 5.26 Å². The number of rotatable bonds is 3. The van der Waals surface area contributed by atoms with E-state index in [-0.39, 0.29) is 0 Å². The van der Waals surface area contributed by atoms with Crippen LogP contribution in [-0.4, -0.2) is 6.61 Å². The Morgan fingerprint density at radius 1 is 1.62 bits per heavy atom. The maximum atomic E-state index is 8.81. The molecule has 0 aliphatic rings. The van der Waals surface area contributed by atoms with E-state index in [4.69, 9.17) is 10.00 Å². The Bertz CT molecular complexity index is 354. The second kappa shape index (κ2) is 4.68. The molecule has 13 heavy (non-hydrogen) atoms. The summed E-state index contributed by atoms with van der Waals surface area (Å²) in [6, 6.07) is 7.45. The van der Waals surface area contributed by atoms with Crippen LogP contribution in [-0.2, 0) is 0 Å². The summed E-state index contributed by atoms with van der Waals surface area (Å²) in [5.41, 5.74) is 0.518. The monoisotopic (exact) mass is 237 g/mol. The van der Waals surface area contributed by atoms with Crippen LogP contribution in [0.5, 0.6) is 5.75 Å². The summed E-state index contributed by atoms with van der Waals surface area (Å²) < 4.78 is 6.03. The first-order chi connectivity index (χ1) is 6.29. The lowest BCUT2D eigenvalue weighted by molar-refractivity contribution is 0.362. The largest absolute Gasteiger partial charge is 0.488 e. The normalized spacial score (nSPS) is 8.92. The molecular formula is C10H8BrNO. The van der Waals surface area contributed by atoms with Crippen LogP contribution in [0.1, 0.15) is 5.56 Å². The van der Waals surface area contributed by atoms with Gasteiger partial charge < -0.3 is 4.74 Å². The molecule has 1 aromatic carbocycles. The van der Waals surface area contributed by atoms with Crippen molar-refractivity contribution in [3.05, 3.63) is 40.9 Å². The Kier molecular flexibility index (Phi) is 3.53. The Morgan fingerprint density at radius 2 is 2.38 bits per heavy atom. The molecule has 0 saturated carbocycles. The number of benzene rings is 1. The molecule has 0 aliphatic heterocycles. The summed E-state index contributed by atoms with van der Waals surface area (Å²) in [5.74, 6) is 0.580. The summed E-state index contributed by atoms with van der Waals surface area (Å²) in [4.78, 5) is 0. The fraction of sp³-hybridized carbons (Fsp3) is 0.100. The summed E-state index contributed by atoms with van der Waals surface area (Å²) in [5, 5.41) is 8.81. The molecule has 0 bridgehead atoms. The van der Waals surface area contributed by atoms with Gasteiger partial charge in [0.15, 0.2) is 0 Å². The molecular weight excluding hydrogens is 230 g/mol. The standard InChI is InChI=1S/C10H8BrNO/c1-2-6-13-10-5-3-4-9(11)8(10)7-12/h2-5H,1,6H2. The van der Waals surface area contributed by atoms with Gasteiger partial charge in [0.05, 0.1) is 0 Å². The van der Waals surface area contributed by atoms with Crippen molar-refractivity contribution in [3.8, 4) is 11.8 Å². The number of hydrogen-bond donors (Lipinski definition) is 0. The maximum Gasteiger partial charge on any atom is 0.138 e. The fourth-order valence-corrected chi connectivity index (χ4v) is 1.32. The number of ether oxygens (including phenoxy) is 1. The third-order valence-corrected chi connectivity index (χ3v) is 2.10. The summed E-state index contributed by atoms with van der Waals surface area (Å²) in [7, 11) is 0. The van der Waals surface area contributed by atoms with Crippen LogP contribution in [0.3, 0.4) is 0 Å². The average molecular weight is 238 g/mol. The number of nitrogens with zero attached hydrogens (tertiary/aromatic N) is 1. The van der Waals surface area contributed by atoms with E-state index >= 15 is 0 Å². The van der Waals surface area contributed by atoms with Crippen molar-refractivity contribution < 1.29 is 4.74 Å². The summed E-state index contributed by atoms with van der Waals surface area (Å²) in [6.45, 7) is 3.94. The van der Waals surface area contributed by atoms with E-state index in [0.717, 1.165) is 4.47 Å². The SMILES string of the molecule is C=CCOc1cccc(Br)c1C#N. The predicted octanol–water partition coefficient (Wildman–Crippen LogP) is 2.89. The van der Waals surface area contributed by atoms with Gasteiger partial charge in [0, 0.05) is 4.47 Å². The lowest BCUT2D eigenvalue weighted by atomic mass is 10.2. The molecule has 66 valence electrons. The fourth-order valence-electron chi connectivity index (χ4n) is 0.882. The molecule has 1 rings (SSSR count). The van der Waals surface area contributed by atoms with Gasteiger partial charge in [0.2, 0.25) is 0 Å². The Labute approximate surface area is 85.6 Å². The van der Waals surface area contributed by atoms with Crippen molar-refractivity contribution in [2.75, 3.05) is 6.61 Å². The van der Waals surface area contributed by atoms with Crippen LogP contribution in [0.2, 0.25) is 0 Å². The molecule has 0 atom stereocenters. The zero-order valence-electron chi connectivity index (χ0n) is 6.96. The van der Waals surface area contributed by atoms with Gasteiger partial charge in [-0.05, 0) is 28.1 Å². The molecule has 0 spiro atoms. The first-order valence-corrected chi connectivity index (χ1v) is 4.51. The number of halogens is 1. The molecule has 0 N–H and O–H groups in total. The highest BCUT2D eigenvalue weighted by molar-refractivity contribution is 9.10. The molecule has 0 fully saturated rings. The number of hydrogen-bond acceptors (Lipinski definition) is 2. The molecule has 0 radical (unpaired) electrons. The van der Waals surface area contributed by atoms with Crippen LogP contribution in [0, 0.1) is 11.3 Å². The third kappa shape index (κ3) is 2.33. The zero-order chi connectivity index (χ0) is 9.68. The minimum atomic E-state index is 0.408. The van der Waals surface area contributed by atoms with Gasteiger partial charge in [-0.1, -0.05) is 18.7 Å². The lowest BCUT2D eigenvalue weighted by Crippen LogP contribution is -1.95. The first-order valence-electron chi connectivity index (χ1n) is 3.72. The highest BCUT2D eigenvalue weighted by Crippen LogP contribution is 2.25. The third-order valence-electron chi connectivity index (χ3n) is 1.44. The molecule has 0 aromatic heterocycles. The minimum Gasteiger partial charge on any atom is -0.488 e. The van der Waals surface area contributed by atoms with E-state index in [0.29, 0.717) is 17.9 Å². The van der Waals surface area contributed by atoms with Crippen LogP contribution in [0.25, 0.3) is 0 Å². The molecule has 3 heteroatoms. The molecule has 1 aromatic rings. The van der Waals surface area contributed by atoms with Gasteiger partial charge in [-0.15, -0.1) is 0 Å². The van der Waals surface area contributed by atoms with Gasteiger partial charge >= 0.3 is 0 Å². The molecule has 0 aliphatic carbocycles. The molecule has 0 amide bonds. The Morgan fingerprint density at radius 3 is 3.00 bits per heavy atom. The highest BCUT2D eigenvalue weighted by atomic mass is 79.9. The van der Waals surface area contributed by atoms with Gasteiger partial charge in [-0.25, -0.2) is 0 Å². The van der Waals surface area contributed by atoms with E-state index < -0.39 is 0 Å². The Hall–Kier alpha value is -1.27. The van der Waals surface area contributed by atoms with Crippen molar-refractivity contribution in [2.24, 2.45) is 0 Å². The van der Waals surface area contributed by atoms with Crippen molar-refractivity contribution >= 4 is 15.9 Å². The second-order valence-electron chi connectivity index (χ2n) is 2.32. The van der Waals surface area contributed by atoms with E-state index in [9.17, 15) is 0 Å². The van der Waals surface area contributed by atoms with E-state index in [1.807, 2.05) is 6.07 Å². The van der Waals surface area contributed by atoms with Crippen LogP contribution < -0.4 is 4.74 Å². The summed E-state index contributed by atoms with van der Waals surface area (Å²) in [6.07, 6.45) is 1.64. The molecule has 2 nitrogen and oxygen atoms in total. The van der Waals surface area contributed by atoms with Gasteiger partial charge in [-0.2, -0.15) is 5.26 Å². The second-order valence-corrected chi connectivity index (χ2v) is 3.18. The zero-order valence-corrected chi connectivity index (χ0v) is 8.54. The topological polar surface area (TPSA) is 33.0 Å². The minimum absolute atomic E-state index is 0.408. The average Bonchev–Trinajstić information content (AvgIpc) is 2.15. The molecule has 0 unspecified atom stereocenters. The highest BCUT2D eigenvalue weighted by Gasteiger charge is 2.05. The van der Waals surface area contributed by atoms with Gasteiger partial charge in [-0.3, -0.25) is 0 Å². The Balaban J connectivity index is 3.00. The van der Waals surface area contributed by atoms with Crippen LogP contribution in [0.15, 0.2) is 35.3 Å². The quantitative estimate of drug-likeness (QED) is 0.758. The molecule has 0 saturated heterocycles. The lowest BCUT2D eigenvalue weighted by Gasteiger charge is -2.05. The van der Waals surface area contributed by atoms with Gasteiger partial charge in [0.25, 0.3) is 0 Å². The predicted molar refractivity (Wildman–Crippen MR) is 54.5 cm³/mol. The van der Waals surface area contributed by atoms with E-state index in [1.165, 1.54) is 0 Å². The van der Waals surface area contributed by atoms with Crippen molar-refractivity contribution in [3.63, 3.8) is 0 Å². The van der Waals surface area contributed by atoms with E-state index in [1.54, 1.807) is 18.2 Å². The number of nitriles is 1. The molecule has 0 heterocycles.